The van der Waals surface area contributed by atoms with Crippen LogP contribution in [-0.4, -0.2) is 16.7 Å². The first kappa shape index (κ1) is 31.0. The molecule has 0 bridgehead atoms. The van der Waals surface area contributed by atoms with Crippen molar-refractivity contribution in [2.24, 2.45) is 17.8 Å². The lowest BCUT2D eigenvalue weighted by atomic mass is 9.76. The first-order chi connectivity index (χ1) is 24.8. The van der Waals surface area contributed by atoms with Crippen molar-refractivity contribution >= 4 is 16.6 Å². The van der Waals surface area contributed by atoms with Crippen molar-refractivity contribution in [3.05, 3.63) is 137 Å². The summed E-state index contributed by atoms with van der Waals surface area (Å²) in [7, 11) is 0. The Balaban J connectivity index is 0.914. The first-order valence-corrected chi connectivity index (χ1v) is 20.4. The van der Waals surface area contributed by atoms with Crippen LogP contribution in [0.25, 0.3) is 10.9 Å². The van der Waals surface area contributed by atoms with Gasteiger partial charge < -0.3 is 9.47 Å². The summed E-state index contributed by atoms with van der Waals surface area (Å²) in [6.07, 6.45) is 41.7. The van der Waals surface area contributed by atoms with Crippen LogP contribution in [0.5, 0.6) is 0 Å². The van der Waals surface area contributed by atoms with Gasteiger partial charge in [-0.25, -0.2) is 0 Å². The van der Waals surface area contributed by atoms with Crippen LogP contribution in [0.15, 0.2) is 120 Å². The van der Waals surface area contributed by atoms with Crippen LogP contribution in [-0.2, 0) is 12.8 Å². The highest BCUT2D eigenvalue weighted by molar-refractivity contribution is 5.86. The predicted molar refractivity (Wildman–Crippen MR) is 210 cm³/mol. The molecule has 1 aliphatic heterocycles. The van der Waals surface area contributed by atoms with Crippen LogP contribution in [0.4, 0.5) is 5.69 Å². The Hall–Kier alpha value is -3.78. The summed E-state index contributed by atoms with van der Waals surface area (Å²) in [6.45, 7) is 0. The number of allylic oxidation sites excluding steroid dienone is 9. The van der Waals surface area contributed by atoms with E-state index in [1.807, 2.05) is 0 Å². The standard InChI is InChI=1S/C48H54N2/c1-3-11-33(12-4-1)35-19-25-39(26-20-35)49-45-17-9-7-15-41(45)43-31-37(23-29-47(43)49)38-24-30-48-44(32-38)42-16-8-10-18-46(42)50(48)40-27-21-36(22-28-40)34-13-5-2-6-14-34/h1,3,7,9-11,15,17-19,21-22,24-25,27-28,32,34-35,37,39,42,46,48H,2,4-6,8,12-14,16,20,23,26,29-31H2. The van der Waals surface area contributed by atoms with Crippen molar-refractivity contribution < 1.29 is 0 Å². The molecule has 2 heteroatoms. The molecule has 0 amide bonds. The zero-order chi connectivity index (χ0) is 33.0. The van der Waals surface area contributed by atoms with Gasteiger partial charge in [0.15, 0.2) is 0 Å². The smallest absolute Gasteiger partial charge is 0.0550 e. The number of anilines is 1. The second-order valence-electron chi connectivity index (χ2n) is 16.6. The zero-order valence-electron chi connectivity index (χ0n) is 29.9. The van der Waals surface area contributed by atoms with E-state index in [0.717, 1.165) is 12.3 Å². The molecule has 50 heavy (non-hydrogen) atoms. The number of nitrogens with zero attached hydrogens (tertiary/aromatic N) is 2. The number of aromatic nitrogens is 1. The third-order valence-corrected chi connectivity index (χ3v) is 14.0. The molecular formula is C48H54N2. The van der Waals surface area contributed by atoms with Gasteiger partial charge in [-0.1, -0.05) is 110 Å². The minimum absolute atomic E-state index is 0.477. The monoisotopic (exact) mass is 658 g/mol. The molecule has 256 valence electrons. The Bertz CT molecular complexity index is 1930. The van der Waals surface area contributed by atoms with Gasteiger partial charge in [-0.05, 0) is 135 Å². The number of para-hydroxylation sites is 1. The molecule has 10 rings (SSSR count). The van der Waals surface area contributed by atoms with Crippen LogP contribution in [0.1, 0.15) is 112 Å². The fraction of sp³-hybridized carbons (Fsp3) is 0.458. The molecule has 2 aromatic carbocycles. The Morgan fingerprint density at radius 3 is 2.46 bits per heavy atom. The highest BCUT2D eigenvalue weighted by Gasteiger charge is 2.45. The molecule has 2 heterocycles. The quantitative estimate of drug-likeness (QED) is 0.248. The maximum absolute atomic E-state index is 2.81. The van der Waals surface area contributed by atoms with E-state index < -0.39 is 0 Å². The SMILES string of the molecule is C1=CCCC(C2C=CC(n3c4c(c5ccccc53)CC(C3=CCC5C(=C3)C3CCC=CC3N5c3ccc(C5CCCCC5)cc3)CC4)CC2)=C1. The highest BCUT2D eigenvalue weighted by atomic mass is 15.2. The largest absolute Gasteiger partial charge is 0.357 e. The van der Waals surface area contributed by atoms with Crippen LogP contribution in [0.2, 0.25) is 0 Å². The van der Waals surface area contributed by atoms with Crippen molar-refractivity contribution in [1.29, 1.82) is 0 Å². The lowest BCUT2D eigenvalue weighted by molar-refractivity contribution is 0.443. The summed E-state index contributed by atoms with van der Waals surface area (Å²) in [6, 6.07) is 20.7. The lowest BCUT2D eigenvalue weighted by Gasteiger charge is -2.34. The van der Waals surface area contributed by atoms with Gasteiger partial charge in [-0.3, -0.25) is 0 Å². The zero-order valence-corrected chi connectivity index (χ0v) is 29.9. The summed E-state index contributed by atoms with van der Waals surface area (Å²) >= 11 is 0. The van der Waals surface area contributed by atoms with Gasteiger partial charge >= 0.3 is 0 Å². The normalized spacial score (nSPS) is 30.8. The summed E-state index contributed by atoms with van der Waals surface area (Å²) < 4.78 is 2.76. The van der Waals surface area contributed by atoms with Gasteiger partial charge in [-0.2, -0.15) is 0 Å². The van der Waals surface area contributed by atoms with E-state index in [9.17, 15) is 0 Å². The summed E-state index contributed by atoms with van der Waals surface area (Å²) in [5.41, 5.74) is 12.7. The van der Waals surface area contributed by atoms with E-state index in [0.29, 0.717) is 35.9 Å². The molecule has 7 aliphatic rings. The maximum atomic E-state index is 2.81. The van der Waals surface area contributed by atoms with Crippen LogP contribution < -0.4 is 4.90 Å². The van der Waals surface area contributed by atoms with Crippen molar-refractivity contribution in [3.8, 4) is 0 Å². The third kappa shape index (κ3) is 5.35. The molecule has 1 aromatic heterocycles. The van der Waals surface area contributed by atoms with E-state index in [-0.39, 0.29) is 0 Å². The minimum atomic E-state index is 0.477. The second-order valence-corrected chi connectivity index (χ2v) is 16.6. The average molecular weight is 659 g/mol. The van der Waals surface area contributed by atoms with E-state index in [1.54, 1.807) is 33.5 Å². The van der Waals surface area contributed by atoms with Gasteiger partial charge in [0.1, 0.15) is 0 Å². The van der Waals surface area contributed by atoms with Crippen molar-refractivity contribution in [2.75, 3.05) is 4.90 Å². The number of hydrogen-bond acceptors (Lipinski definition) is 1. The molecule has 0 radical (unpaired) electrons. The van der Waals surface area contributed by atoms with Gasteiger partial charge in [0, 0.05) is 28.2 Å². The predicted octanol–water partition coefficient (Wildman–Crippen LogP) is 12.1. The molecular weight excluding hydrogens is 605 g/mol. The summed E-state index contributed by atoms with van der Waals surface area (Å²) in [4.78, 5) is 2.81. The van der Waals surface area contributed by atoms with E-state index >= 15 is 0 Å². The number of fused-ring (bicyclic) bond motifs is 6. The fourth-order valence-electron chi connectivity index (χ4n) is 11.5. The van der Waals surface area contributed by atoms with Crippen LogP contribution in [0, 0.1) is 17.8 Å². The van der Waals surface area contributed by atoms with Gasteiger partial charge in [0.2, 0.25) is 0 Å². The average Bonchev–Trinajstić information content (AvgIpc) is 3.71. The molecule has 6 atom stereocenters. The molecule has 6 aliphatic carbocycles. The Morgan fingerprint density at radius 1 is 0.720 bits per heavy atom. The van der Waals surface area contributed by atoms with Crippen molar-refractivity contribution in [1.82, 2.24) is 4.57 Å². The van der Waals surface area contributed by atoms with Gasteiger partial charge in [0.05, 0.1) is 18.1 Å². The highest BCUT2D eigenvalue weighted by Crippen LogP contribution is 2.49. The maximum Gasteiger partial charge on any atom is 0.0550 e. The molecule has 1 saturated carbocycles. The third-order valence-electron chi connectivity index (χ3n) is 14.0. The van der Waals surface area contributed by atoms with Gasteiger partial charge in [-0.15, -0.1) is 0 Å². The van der Waals surface area contributed by atoms with Crippen LogP contribution >= 0.6 is 0 Å². The Labute approximate surface area is 300 Å². The minimum Gasteiger partial charge on any atom is -0.357 e. The summed E-state index contributed by atoms with van der Waals surface area (Å²) in [5, 5.41) is 1.51. The second kappa shape index (κ2) is 13.1. The topological polar surface area (TPSA) is 8.17 Å². The summed E-state index contributed by atoms with van der Waals surface area (Å²) in [5.74, 6) is 2.66. The van der Waals surface area contributed by atoms with E-state index in [1.165, 1.54) is 106 Å². The molecule has 2 fully saturated rings. The molecule has 6 unspecified atom stereocenters. The van der Waals surface area contributed by atoms with Gasteiger partial charge in [0.25, 0.3) is 0 Å². The lowest BCUT2D eigenvalue weighted by Crippen LogP contribution is -2.37. The first-order valence-electron chi connectivity index (χ1n) is 20.4. The number of rotatable bonds is 5. The molecule has 0 N–H and O–H groups in total. The number of hydrogen-bond donors (Lipinski definition) is 0. The molecule has 3 aromatic rings. The van der Waals surface area contributed by atoms with Crippen LogP contribution in [0.3, 0.4) is 0 Å². The van der Waals surface area contributed by atoms with E-state index in [4.69, 9.17) is 0 Å². The molecule has 1 saturated heterocycles. The van der Waals surface area contributed by atoms with Crippen molar-refractivity contribution in [3.63, 3.8) is 0 Å². The fourth-order valence-corrected chi connectivity index (χ4v) is 11.5. The molecule has 0 spiro atoms. The van der Waals surface area contributed by atoms with Crippen molar-refractivity contribution in [2.45, 2.75) is 120 Å². The Kier molecular flexibility index (Phi) is 8.11. The molecule has 2 nitrogen and oxygen atoms in total. The van der Waals surface area contributed by atoms with E-state index in [2.05, 4.69) is 113 Å². The number of benzene rings is 2. The Morgan fingerprint density at radius 2 is 1.62 bits per heavy atom.